The van der Waals surface area contributed by atoms with E-state index in [2.05, 4.69) is 0 Å². The first-order valence-corrected chi connectivity index (χ1v) is 9.44. The average molecular weight is 342 g/mol. The van der Waals surface area contributed by atoms with E-state index in [4.69, 9.17) is 14.6 Å². The fourth-order valence-electron chi connectivity index (χ4n) is 4.22. The number of hydrogen-bond donors (Lipinski definition) is 3. The number of aliphatic hydroxyl groups excluding tert-OH is 1. The lowest BCUT2D eigenvalue weighted by Crippen LogP contribution is -2.65. The van der Waals surface area contributed by atoms with Crippen LogP contribution >= 0.6 is 0 Å². The molecular formula is C18H30O6. The molecule has 3 saturated carbocycles. The van der Waals surface area contributed by atoms with E-state index in [-0.39, 0.29) is 18.0 Å². The van der Waals surface area contributed by atoms with Crippen LogP contribution in [0.25, 0.3) is 0 Å². The van der Waals surface area contributed by atoms with Crippen molar-refractivity contribution in [3.05, 3.63) is 0 Å². The molecule has 0 bridgehead atoms. The van der Waals surface area contributed by atoms with Crippen molar-refractivity contribution in [1.82, 2.24) is 0 Å². The second-order valence-electron chi connectivity index (χ2n) is 7.62. The Morgan fingerprint density at radius 2 is 1.29 bits per heavy atom. The summed E-state index contributed by atoms with van der Waals surface area (Å²) >= 11 is 0. The van der Waals surface area contributed by atoms with Gasteiger partial charge in [0.2, 0.25) is 0 Å². The maximum Gasteiger partial charge on any atom is 0.192 e. The maximum absolute atomic E-state index is 10.5. The van der Waals surface area contributed by atoms with Crippen LogP contribution in [0.1, 0.15) is 77.0 Å². The Hall–Kier alpha value is -0.530. The highest BCUT2D eigenvalue weighted by Gasteiger charge is 2.56. The molecule has 1 saturated heterocycles. The minimum Gasteiger partial charge on any atom is -0.385 e. The normalized spacial score (nSPS) is 45.5. The predicted molar refractivity (Wildman–Crippen MR) is 86.1 cm³/mol. The predicted octanol–water partition coefficient (Wildman–Crippen LogP) is 1.79. The molecule has 4 aliphatic rings. The Morgan fingerprint density at radius 3 is 1.71 bits per heavy atom. The number of fused-ring (bicyclic) bond motifs is 2. The van der Waals surface area contributed by atoms with Crippen molar-refractivity contribution >= 4 is 5.78 Å². The van der Waals surface area contributed by atoms with E-state index in [9.17, 15) is 15.0 Å². The van der Waals surface area contributed by atoms with Crippen molar-refractivity contribution in [3.63, 3.8) is 0 Å². The number of carbonyl (C=O) groups is 1. The highest BCUT2D eigenvalue weighted by molar-refractivity contribution is 5.83. The maximum atomic E-state index is 10.5. The third-order valence-electron chi connectivity index (χ3n) is 5.72. The number of rotatable bonds is 0. The van der Waals surface area contributed by atoms with Gasteiger partial charge in [0.1, 0.15) is 18.3 Å². The summed E-state index contributed by atoms with van der Waals surface area (Å²) in [5, 5.41) is 29.6. The van der Waals surface area contributed by atoms with Gasteiger partial charge in [0.15, 0.2) is 17.4 Å². The standard InChI is InChI=1S/C12H20O4.C6H10O2/c13-11-7-3-1-5-9(11)15-12(14)8-4-2-6-10(12)16-11;7-5-3-1-2-4-6(5)8/h9-10,13-14H,1-8H2;5,7H,1-4H2. The van der Waals surface area contributed by atoms with Gasteiger partial charge in [0, 0.05) is 19.3 Å². The number of Topliss-reactive ketones (excluding diaryl/α,β-unsaturated/α-hetero) is 1. The van der Waals surface area contributed by atoms with E-state index in [1.165, 1.54) is 0 Å². The molecule has 1 aliphatic heterocycles. The Balaban J connectivity index is 0.000000179. The van der Waals surface area contributed by atoms with Crippen LogP contribution in [0.5, 0.6) is 0 Å². The van der Waals surface area contributed by atoms with E-state index in [0.29, 0.717) is 25.7 Å². The number of ether oxygens (including phenoxy) is 2. The molecule has 6 nitrogen and oxygen atoms in total. The van der Waals surface area contributed by atoms with Crippen LogP contribution in [0.15, 0.2) is 0 Å². The Labute approximate surface area is 143 Å². The molecule has 5 atom stereocenters. The third kappa shape index (κ3) is 3.83. The largest absolute Gasteiger partial charge is 0.385 e. The number of carbonyl (C=O) groups excluding carboxylic acids is 1. The van der Waals surface area contributed by atoms with Crippen molar-refractivity contribution in [2.24, 2.45) is 0 Å². The second kappa shape index (κ2) is 7.38. The van der Waals surface area contributed by atoms with E-state index in [1.54, 1.807) is 0 Å². The van der Waals surface area contributed by atoms with Crippen molar-refractivity contribution in [3.8, 4) is 0 Å². The molecule has 5 unspecified atom stereocenters. The summed E-state index contributed by atoms with van der Waals surface area (Å²) < 4.78 is 11.5. The average Bonchev–Trinajstić information content (AvgIpc) is 2.56. The van der Waals surface area contributed by atoms with Gasteiger partial charge in [0.25, 0.3) is 0 Å². The number of hydrogen-bond acceptors (Lipinski definition) is 6. The van der Waals surface area contributed by atoms with Crippen LogP contribution in [0.4, 0.5) is 0 Å². The Bertz CT molecular complexity index is 427. The van der Waals surface area contributed by atoms with Gasteiger partial charge in [-0.3, -0.25) is 4.79 Å². The molecule has 138 valence electrons. The lowest BCUT2D eigenvalue weighted by Gasteiger charge is -2.54. The first-order valence-electron chi connectivity index (χ1n) is 9.44. The molecule has 6 heteroatoms. The Kier molecular flexibility index (Phi) is 5.62. The van der Waals surface area contributed by atoms with Crippen LogP contribution in [-0.4, -0.2) is 51.0 Å². The monoisotopic (exact) mass is 342 g/mol. The molecule has 3 aliphatic carbocycles. The zero-order valence-electron chi connectivity index (χ0n) is 14.3. The summed E-state index contributed by atoms with van der Waals surface area (Å²) in [6, 6.07) is 0. The quantitative estimate of drug-likeness (QED) is 0.621. The van der Waals surface area contributed by atoms with Crippen LogP contribution in [0.3, 0.4) is 0 Å². The number of aliphatic hydroxyl groups is 3. The Morgan fingerprint density at radius 1 is 0.792 bits per heavy atom. The molecule has 0 radical (unpaired) electrons. The first-order chi connectivity index (χ1) is 11.4. The first kappa shape index (κ1) is 18.3. The van der Waals surface area contributed by atoms with E-state index >= 15 is 0 Å². The molecule has 4 rings (SSSR count). The lowest BCUT2D eigenvalue weighted by atomic mass is 9.84. The van der Waals surface area contributed by atoms with Crippen molar-refractivity contribution in [2.45, 2.75) is 107 Å². The van der Waals surface area contributed by atoms with E-state index in [1.807, 2.05) is 0 Å². The molecule has 0 spiro atoms. The van der Waals surface area contributed by atoms with Gasteiger partial charge >= 0.3 is 0 Å². The summed E-state index contributed by atoms with van der Waals surface area (Å²) in [4.78, 5) is 10.5. The summed E-state index contributed by atoms with van der Waals surface area (Å²) in [7, 11) is 0. The smallest absolute Gasteiger partial charge is 0.192 e. The highest BCUT2D eigenvalue weighted by atomic mass is 16.7. The second-order valence-corrected chi connectivity index (χ2v) is 7.62. The minimum absolute atomic E-state index is 0.0243. The van der Waals surface area contributed by atoms with E-state index in [0.717, 1.165) is 51.4 Å². The van der Waals surface area contributed by atoms with Crippen molar-refractivity contribution < 1.29 is 29.6 Å². The van der Waals surface area contributed by atoms with Crippen LogP contribution < -0.4 is 0 Å². The van der Waals surface area contributed by atoms with Gasteiger partial charge < -0.3 is 24.8 Å². The molecule has 0 amide bonds. The molecule has 0 aromatic carbocycles. The fourth-order valence-corrected chi connectivity index (χ4v) is 4.22. The van der Waals surface area contributed by atoms with Crippen molar-refractivity contribution in [2.75, 3.05) is 0 Å². The van der Waals surface area contributed by atoms with Gasteiger partial charge in [-0.1, -0.05) is 12.8 Å². The molecule has 3 N–H and O–H groups in total. The zero-order valence-corrected chi connectivity index (χ0v) is 14.3. The van der Waals surface area contributed by atoms with E-state index < -0.39 is 17.7 Å². The molecule has 4 fully saturated rings. The van der Waals surface area contributed by atoms with Gasteiger partial charge in [-0.2, -0.15) is 0 Å². The van der Waals surface area contributed by atoms with Gasteiger partial charge in [-0.05, 0) is 44.9 Å². The third-order valence-corrected chi connectivity index (χ3v) is 5.72. The SMILES string of the molecule is O=C1CCCCC1O.OC12CCCCC1OC1(O)CCCCC1O2. The summed E-state index contributed by atoms with van der Waals surface area (Å²) in [6.07, 6.45) is 8.76. The van der Waals surface area contributed by atoms with Gasteiger partial charge in [-0.25, -0.2) is 0 Å². The highest BCUT2D eigenvalue weighted by Crippen LogP contribution is 2.45. The van der Waals surface area contributed by atoms with Crippen LogP contribution in [0.2, 0.25) is 0 Å². The lowest BCUT2D eigenvalue weighted by molar-refractivity contribution is -0.436. The molecule has 0 aromatic rings. The molecule has 0 aromatic heterocycles. The van der Waals surface area contributed by atoms with Crippen LogP contribution in [0, 0.1) is 0 Å². The topological polar surface area (TPSA) is 96.2 Å². The van der Waals surface area contributed by atoms with Crippen LogP contribution in [-0.2, 0) is 14.3 Å². The molecule has 1 heterocycles. The minimum atomic E-state index is -1.15. The summed E-state index contributed by atoms with van der Waals surface area (Å²) in [5.74, 6) is -2.27. The fraction of sp³-hybridized carbons (Fsp3) is 0.944. The zero-order chi connectivity index (χ0) is 17.2. The summed E-state index contributed by atoms with van der Waals surface area (Å²) in [5.41, 5.74) is 0. The van der Waals surface area contributed by atoms with Gasteiger partial charge in [-0.15, -0.1) is 0 Å². The molecule has 24 heavy (non-hydrogen) atoms. The van der Waals surface area contributed by atoms with Gasteiger partial charge in [0.05, 0.1) is 0 Å². The summed E-state index contributed by atoms with van der Waals surface area (Å²) in [6.45, 7) is 0. The number of ketones is 1. The molecular weight excluding hydrogens is 312 g/mol. The van der Waals surface area contributed by atoms with Crippen molar-refractivity contribution in [1.29, 1.82) is 0 Å².